The highest BCUT2D eigenvalue weighted by molar-refractivity contribution is 7.16. The number of para-hydroxylation sites is 1. The Hall–Kier alpha value is -3.55. The van der Waals surface area contributed by atoms with Crippen molar-refractivity contribution in [1.29, 1.82) is 0 Å². The van der Waals surface area contributed by atoms with Gasteiger partial charge in [-0.05, 0) is 17.5 Å². The van der Waals surface area contributed by atoms with Crippen molar-refractivity contribution >= 4 is 44.5 Å². The molecule has 1 aromatic heterocycles. The number of benzene rings is 3. The second-order valence-electron chi connectivity index (χ2n) is 6.80. The number of hydrogen-bond donors (Lipinski definition) is 2. The summed E-state index contributed by atoms with van der Waals surface area (Å²) < 4.78 is 5.83. The Kier molecular flexibility index (Phi) is 3.38. The van der Waals surface area contributed by atoms with Crippen LogP contribution in [0.2, 0.25) is 0 Å². The highest BCUT2D eigenvalue weighted by atomic mass is 32.1. The van der Waals surface area contributed by atoms with Crippen LogP contribution in [0.25, 0.3) is 22.0 Å². The molecular formula is C22H13N3O3S. The summed E-state index contributed by atoms with van der Waals surface area (Å²) in [5.74, 6) is 0.346. The molecule has 0 bridgehead atoms. The minimum atomic E-state index is -1.13. The van der Waals surface area contributed by atoms with Crippen LogP contribution >= 0.6 is 11.3 Å². The lowest BCUT2D eigenvalue weighted by Gasteiger charge is -2.22. The molecule has 0 saturated carbocycles. The number of carbonyl (C=O) groups excluding carboxylic acids is 1. The summed E-state index contributed by atoms with van der Waals surface area (Å²) >= 11 is 1.22. The van der Waals surface area contributed by atoms with Gasteiger partial charge in [-0.2, -0.15) is 0 Å². The van der Waals surface area contributed by atoms with Crippen molar-refractivity contribution in [2.45, 2.75) is 6.29 Å². The number of hydrogen-bond acceptors (Lipinski definition) is 6. The first kappa shape index (κ1) is 16.4. The second-order valence-corrected chi connectivity index (χ2v) is 7.81. The molecule has 0 saturated heterocycles. The third kappa shape index (κ3) is 2.41. The summed E-state index contributed by atoms with van der Waals surface area (Å²) in [5, 5.41) is 15.7. The van der Waals surface area contributed by atoms with Crippen molar-refractivity contribution in [3.63, 3.8) is 0 Å². The van der Waals surface area contributed by atoms with Crippen molar-refractivity contribution in [2.75, 3.05) is 5.32 Å². The predicted molar refractivity (Wildman–Crippen MR) is 112 cm³/mol. The molecule has 2 aliphatic rings. The van der Waals surface area contributed by atoms with Gasteiger partial charge in [0.1, 0.15) is 16.3 Å². The minimum Gasteiger partial charge on any atom is -0.458 e. The van der Waals surface area contributed by atoms with Gasteiger partial charge in [0.05, 0.1) is 11.4 Å². The maximum absolute atomic E-state index is 12.3. The van der Waals surface area contributed by atoms with Gasteiger partial charge < -0.3 is 15.2 Å². The van der Waals surface area contributed by atoms with E-state index in [4.69, 9.17) is 4.74 Å². The third-order valence-corrected chi connectivity index (χ3v) is 6.06. The van der Waals surface area contributed by atoms with Crippen LogP contribution in [-0.4, -0.2) is 21.7 Å². The van der Waals surface area contributed by atoms with Gasteiger partial charge in [0.15, 0.2) is 0 Å². The van der Waals surface area contributed by atoms with Crippen LogP contribution in [0.1, 0.15) is 16.7 Å². The number of fused-ring (bicyclic) bond motifs is 6. The van der Waals surface area contributed by atoms with E-state index in [1.54, 1.807) is 0 Å². The SMILES string of the molecule is O=C1Nc2ccccc2/C1=N/c1nc2c(s1)C(O)Oc1c-2ccc2ccccc12. The number of anilines is 1. The summed E-state index contributed by atoms with van der Waals surface area (Å²) in [7, 11) is 0. The van der Waals surface area contributed by atoms with Crippen molar-refractivity contribution in [2.24, 2.45) is 4.99 Å². The number of nitrogens with one attached hydrogen (secondary N) is 1. The fraction of sp³-hybridized carbons (Fsp3) is 0.0455. The first-order valence-corrected chi connectivity index (χ1v) is 9.88. The minimum absolute atomic E-state index is 0.262. The highest BCUT2D eigenvalue weighted by Crippen LogP contribution is 2.48. The molecule has 0 spiro atoms. The van der Waals surface area contributed by atoms with E-state index in [9.17, 15) is 9.90 Å². The van der Waals surface area contributed by atoms with Crippen LogP contribution < -0.4 is 10.1 Å². The topological polar surface area (TPSA) is 83.8 Å². The molecule has 3 heterocycles. The Morgan fingerprint density at radius 1 is 1.03 bits per heavy atom. The zero-order valence-corrected chi connectivity index (χ0v) is 15.7. The van der Waals surface area contributed by atoms with Gasteiger partial charge in [-0.1, -0.05) is 59.9 Å². The Labute approximate surface area is 169 Å². The molecule has 140 valence electrons. The molecular weight excluding hydrogens is 386 g/mol. The van der Waals surface area contributed by atoms with E-state index in [1.807, 2.05) is 60.7 Å². The van der Waals surface area contributed by atoms with Crippen LogP contribution in [0.15, 0.2) is 65.7 Å². The first-order chi connectivity index (χ1) is 14.2. The molecule has 6 nitrogen and oxygen atoms in total. The fourth-order valence-corrected chi connectivity index (χ4v) is 4.63. The predicted octanol–water partition coefficient (Wildman–Crippen LogP) is 4.42. The number of aliphatic imine (C=N–C) groups is 1. The molecule has 2 N–H and O–H groups in total. The largest absolute Gasteiger partial charge is 0.458 e. The molecule has 6 rings (SSSR count). The fourth-order valence-electron chi connectivity index (χ4n) is 3.76. The van der Waals surface area contributed by atoms with Crippen LogP contribution in [0.3, 0.4) is 0 Å². The number of aliphatic hydroxyl groups excluding tert-OH is 1. The zero-order valence-electron chi connectivity index (χ0n) is 14.9. The van der Waals surface area contributed by atoms with Gasteiger partial charge >= 0.3 is 0 Å². The standard InChI is InChI=1S/C22H13N3O3S/c26-20-17(13-7-3-4-8-15(13)23-20)25-22-24-16-14-10-9-11-5-1-2-6-12(11)18(14)28-21(27)19(16)29-22/h1-10,21,27H,(H,23,24,25,26). The van der Waals surface area contributed by atoms with Crippen molar-refractivity contribution in [3.8, 4) is 17.0 Å². The molecule has 7 heteroatoms. The van der Waals surface area contributed by atoms with Crippen molar-refractivity contribution in [3.05, 3.63) is 71.1 Å². The normalized spacial score (nSPS) is 18.2. The van der Waals surface area contributed by atoms with Gasteiger partial charge in [-0.3, -0.25) is 4.79 Å². The second kappa shape index (κ2) is 5.97. The van der Waals surface area contributed by atoms with Gasteiger partial charge in [0.25, 0.3) is 5.91 Å². The lowest BCUT2D eigenvalue weighted by molar-refractivity contribution is -0.110. The summed E-state index contributed by atoms with van der Waals surface area (Å²) in [6.07, 6.45) is -1.13. The van der Waals surface area contributed by atoms with E-state index in [0.29, 0.717) is 27.2 Å². The molecule has 1 atom stereocenters. The van der Waals surface area contributed by atoms with E-state index >= 15 is 0 Å². The number of thiazole rings is 1. The van der Waals surface area contributed by atoms with E-state index < -0.39 is 6.29 Å². The Morgan fingerprint density at radius 2 is 1.86 bits per heavy atom. The molecule has 3 aromatic carbocycles. The van der Waals surface area contributed by atoms with E-state index in [1.165, 1.54) is 11.3 Å². The number of aliphatic hydroxyl groups is 1. The van der Waals surface area contributed by atoms with Crippen molar-refractivity contribution in [1.82, 2.24) is 4.98 Å². The Balaban J connectivity index is 1.51. The smallest absolute Gasteiger partial charge is 0.275 e. The molecule has 4 aromatic rings. The maximum atomic E-state index is 12.3. The number of nitrogens with zero attached hydrogens (tertiary/aromatic N) is 2. The molecule has 1 unspecified atom stereocenters. The number of carbonyl (C=O) groups is 1. The summed E-state index contributed by atoms with van der Waals surface area (Å²) in [5.41, 5.74) is 3.25. The Bertz CT molecular complexity index is 1360. The highest BCUT2D eigenvalue weighted by Gasteiger charge is 2.31. The average Bonchev–Trinajstić information content (AvgIpc) is 3.30. The number of rotatable bonds is 1. The average molecular weight is 399 g/mol. The molecule has 2 aliphatic heterocycles. The molecule has 0 fully saturated rings. The number of amides is 1. The molecule has 29 heavy (non-hydrogen) atoms. The van der Waals surface area contributed by atoms with E-state index in [0.717, 1.165) is 27.6 Å². The van der Waals surface area contributed by atoms with Gasteiger partial charge in [-0.15, -0.1) is 0 Å². The number of ether oxygens (including phenoxy) is 1. The molecule has 0 aliphatic carbocycles. The monoisotopic (exact) mass is 399 g/mol. The van der Waals surface area contributed by atoms with Gasteiger partial charge in [0.2, 0.25) is 11.4 Å². The van der Waals surface area contributed by atoms with Gasteiger partial charge in [0, 0.05) is 16.5 Å². The zero-order chi connectivity index (χ0) is 19.5. The van der Waals surface area contributed by atoms with Crippen LogP contribution in [0, 0.1) is 0 Å². The summed E-state index contributed by atoms with van der Waals surface area (Å²) in [6.45, 7) is 0. The van der Waals surface area contributed by atoms with Crippen molar-refractivity contribution < 1.29 is 14.6 Å². The lowest BCUT2D eigenvalue weighted by atomic mass is 10.0. The summed E-state index contributed by atoms with van der Waals surface area (Å²) in [4.78, 5) is 22.1. The molecule has 0 radical (unpaired) electrons. The quantitative estimate of drug-likeness (QED) is 0.496. The van der Waals surface area contributed by atoms with Gasteiger partial charge in [-0.25, -0.2) is 9.98 Å². The lowest BCUT2D eigenvalue weighted by Crippen LogP contribution is -2.13. The van der Waals surface area contributed by atoms with E-state index in [2.05, 4.69) is 15.3 Å². The van der Waals surface area contributed by atoms with E-state index in [-0.39, 0.29) is 5.91 Å². The first-order valence-electron chi connectivity index (χ1n) is 9.06. The molecule has 1 amide bonds. The maximum Gasteiger partial charge on any atom is 0.275 e. The Morgan fingerprint density at radius 3 is 2.79 bits per heavy atom. The number of aromatic nitrogens is 1. The van der Waals surface area contributed by atoms with Crippen LogP contribution in [-0.2, 0) is 4.79 Å². The summed E-state index contributed by atoms with van der Waals surface area (Å²) in [6, 6.07) is 19.2. The third-order valence-electron chi connectivity index (χ3n) is 5.08. The van der Waals surface area contributed by atoms with Crippen LogP contribution in [0.5, 0.6) is 5.75 Å². The van der Waals surface area contributed by atoms with Crippen LogP contribution in [0.4, 0.5) is 10.8 Å².